The van der Waals surface area contributed by atoms with Crippen LogP contribution in [-0.2, 0) is 12.0 Å². The Bertz CT molecular complexity index is 723. The van der Waals surface area contributed by atoms with E-state index in [9.17, 15) is 4.39 Å². The molecule has 1 heterocycles. The molecule has 1 fully saturated rings. The second kappa shape index (κ2) is 6.98. The molecule has 0 bridgehead atoms. The van der Waals surface area contributed by atoms with Crippen LogP contribution in [0.2, 0.25) is 0 Å². The van der Waals surface area contributed by atoms with Crippen molar-refractivity contribution in [3.63, 3.8) is 0 Å². The highest BCUT2D eigenvalue weighted by atomic mass is 19.1. The lowest BCUT2D eigenvalue weighted by atomic mass is 9.95. The molecule has 2 N–H and O–H groups in total. The van der Waals surface area contributed by atoms with Crippen molar-refractivity contribution in [1.82, 2.24) is 20.8 Å². The van der Waals surface area contributed by atoms with E-state index in [1.54, 1.807) is 13.0 Å². The van der Waals surface area contributed by atoms with Crippen molar-refractivity contribution >= 4 is 5.96 Å². The molecule has 0 atom stereocenters. The fraction of sp³-hybridized carbons (Fsp3) is 0.471. The lowest BCUT2D eigenvalue weighted by Gasteiger charge is -2.19. The molecule has 0 amide bonds. The molecule has 1 aliphatic carbocycles. The highest BCUT2D eigenvalue weighted by Gasteiger charge is 2.45. The van der Waals surface area contributed by atoms with E-state index in [0.717, 1.165) is 24.9 Å². The first-order valence-electron chi connectivity index (χ1n) is 8.19. The van der Waals surface area contributed by atoms with Gasteiger partial charge in [0.1, 0.15) is 12.4 Å². The largest absolute Gasteiger partial charge is 0.357 e. The first kappa shape index (κ1) is 16.4. The molecule has 1 saturated carbocycles. The topological polar surface area (TPSA) is 75.3 Å². The van der Waals surface area contributed by atoms with Gasteiger partial charge in [0.05, 0.1) is 0 Å². The van der Waals surface area contributed by atoms with E-state index in [1.165, 1.54) is 6.07 Å². The first-order valence-corrected chi connectivity index (χ1v) is 8.19. The van der Waals surface area contributed by atoms with Gasteiger partial charge in [-0.25, -0.2) is 9.38 Å². The molecular weight excluding hydrogens is 309 g/mol. The predicted molar refractivity (Wildman–Crippen MR) is 89.2 cm³/mol. The summed E-state index contributed by atoms with van der Waals surface area (Å²) in [4.78, 5) is 8.59. The van der Waals surface area contributed by atoms with Crippen LogP contribution in [0.25, 0.3) is 0 Å². The standard InChI is InChI=1S/C17H22FN5O/c1-3-19-16(20-10-15-22-12(2)24-23-15)21-11-17(8-9-17)13-6-4-5-7-14(13)18/h4-7H,3,8-11H2,1-2H3,(H2,19,20,21). The van der Waals surface area contributed by atoms with E-state index in [2.05, 4.69) is 25.8 Å². The number of hydrogen-bond acceptors (Lipinski definition) is 4. The second-order valence-corrected chi connectivity index (χ2v) is 6.04. The molecule has 3 rings (SSSR count). The molecule has 0 radical (unpaired) electrons. The number of aliphatic imine (C=N–C) groups is 1. The maximum absolute atomic E-state index is 14.1. The Labute approximate surface area is 140 Å². The van der Waals surface area contributed by atoms with Gasteiger partial charge in [-0.1, -0.05) is 23.4 Å². The number of benzene rings is 1. The zero-order valence-corrected chi connectivity index (χ0v) is 14.0. The molecule has 6 nitrogen and oxygen atoms in total. The third-order valence-electron chi connectivity index (χ3n) is 4.19. The van der Waals surface area contributed by atoms with E-state index in [-0.39, 0.29) is 11.2 Å². The summed E-state index contributed by atoms with van der Waals surface area (Å²) in [5.74, 6) is 1.60. The van der Waals surface area contributed by atoms with Crippen molar-refractivity contribution in [3.8, 4) is 0 Å². The molecule has 1 aromatic heterocycles. The summed E-state index contributed by atoms with van der Waals surface area (Å²) >= 11 is 0. The lowest BCUT2D eigenvalue weighted by Crippen LogP contribution is -2.41. The summed E-state index contributed by atoms with van der Waals surface area (Å²) in [6, 6.07) is 7.00. The van der Waals surface area contributed by atoms with E-state index < -0.39 is 0 Å². The second-order valence-electron chi connectivity index (χ2n) is 6.04. The average Bonchev–Trinajstić information content (AvgIpc) is 3.25. The van der Waals surface area contributed by atoms with Crippen molar-refractivity contribution in [2.24, 2.45) is 4.99 Å². The number of guanidine groups is 1. The summed E-state index contributed by atoms with van der Waals surface area (Å²) in [5, 5.41) is 10.3. The molecule has 0 saturated heterocycles. The fourth-order valence-electron chi connectivity index (χ4n) is 2.73. The monoisotopic (exact) mass is 331 g/mol. The van der Waals surface area contributed by atoms with Gasteiger partial charge >= 0.3 is 0 Å². The minimum absolute atomic E-state index is 0.135. The van der Waals surface area contributed by atoms with Gasteiger partial charge in [0.2, 0.25) is 5.89 Å². The SMILES string of the molecule is CCNC(=NCc1noc(C)n1)NCC1(c2ccccc2F)CC1. The zero-order chi connectivity index (χ0) is 17.0. The molecule has 1 aliphatic rings. The normalized spacial score (nSPS) is 16.0. The van der Waals surface area contributed by atoms with Crippen LogP contribution >= 0.6 is 0 Å². The minimum Gasteiger partial charge on any atom is -0.357 e. The van der Waals surface area contributed by atoms with Gasteiger partial charge in [0.15, 0.2) is 11.8 Å². The van der Waals surface area contributed by atoms with E-state index in [0.29, 0.717) is 30.8 Å². The first-order chi connectivity index (χ1) is 11.6. The molecule has 0 aliphatic heterocycles. The Kier molecular flexibility index (Phi) is 4.78. The van der Waals surface area contributed by atoms with E-state index in [4.69, 9.17) is 4.52 Å². The van der Waals surface area contributed by atoms with Gasteiger partial charge < -0.3 is 15.2 Å². The van der Waals surface area contributed by atoms with Crippen molar-refractivity contribution in [1.29, 1.82) is 0 Å². The van der Waals surface area contributed by atoms with Crippen LogP contribution in [0.1, 0.15) is 37.0 Å². The Morgan fingerprint density at radius 3 is 2.75 bits per heavy atom. The van der Waals surface area contributed by atoms with Crippen LogP contribution in [-0.4, -0.2) is 29.2 Å². The van der Waals surface area contributed by atoms with Gasteiger partial charge in [-0.05, 0) is 31.4 Å². The molecule has 0 spiro atoms. The summed E-state index contributed by atoms with van der Waals surface area (Å²) in [6.07, 6.45) is 1.95. The summed E-state index contributed by atoms with van der Waals surface area (Å²) in [7, 11) is 0. The summed E-state index contributed by atoms with van der Waals surface area (Å²) < 4.78 is 19.0. The Morgan fingerprint density at radius 1 is 1.33 bits per heavy atom. The van der Waals surface area contributed by atoms with Gasteiger partial charge in [-0.2, -0.15) is 4.98 Å². The van der Waals surface area contributed by atoms with Gasteiger partial charge in [0, 0.05) is 25.4 Å². The van der Waals surface area contributed by atoms with E-state index in [1.807, 2.05) is 19.1 Å². The molecular formula is C17H22FN5O. The minimum atomic E-state index is -0.138. The molecule has 24 heavy (non-hydrogen) atoms. The highest BCUT2D eigenvalue weighted by molar-refractivity contribution is 5.79. The summed E-state index contributed by atoms with van der Waals surface area (Å²) in [6.45, 7) is 5.46. The molecule has 7 heteroatoms. The Hall–Kier alpha value is -2.44. The Morgan fingerprint density at radius 2 is 2.12 bits per heavy atom. The number of aryl methyl sites for hydroxylation is 1. The van der Waals surface area contributed by atoms with Gasteiger partial charge in [-0.15, -0.1) is 0 Å². The third kappa shape index (κ3) is 3.72. The number of nitrogens with zero attached hydrogens (tertiary/aromatic N) is 3. The number of nitrogens with one attached hydrogen (secondary N) is 2. The van der Waals surface area contributed by atoms with Crippen LogP contribution in [0.15, 0.2) is 33.8 Å². The maximum atomic E-state index is 14.1. The maximum Gasteiger partial charge on any atom is 0.223 e. The molecule has 1 aromatic carbocycles. The molecule has 2 aromatic rings. The quantitative estimate of drug-likeness (QED) is 0.627. The number of hydrogen-bond donors (Lipinski definition) is 2. The van der Waals surface area contributed by atoms with Crippen LogP contribution in [0.5, 0.6) is 0 Å². The molecule has 128 valence electrons. The van der Waals surface area contributed by atoms with Crippen molar-refractivity contribution in [2.45, 2.75) is 38.6 Å². The van der Waals surface area contributed by atoms with Crippen LogP contribution in [0.4, 0.5) is 4.39 Å². The fourth-order valence-corrected chi connectivity index (χ4v) is 2.73. The number of rotatable bonds is 6. The summed E-state index contributed by atoms with van der Waals surface area (Å²) in [5.41, 5.74) is 0.645. The van der Waals surface area contributed by atoms with Gasteiger partial charge in [0.25, 0.3) is 0 Å². The lowest BCUT2D eigenvalue weighted by molar-refractivity contribution is 0.387. The average molecular weight is 331 g/mol. The zero-order valence-electron chi connectivity index (χ0n) is 14.0. The predicted octanol–water partition coefficient (Wildman–Crippen LogP) is 2.30. The van der Waals surface area contributed by atoms with Crippen LogP contribution in [0, 0.1) is 12.7 Å². The van der Waals surface area contributed by atoms with Crippen molar-refractivity contribution in [2.75, 3.05) is 13.1 Å². The van der Waals surface area contributed by atoms with Crippen molar-refractivity contribution < 1.29 is 8.91 Å². The van der Waals surface area contributed by atoms with Gasteiger partial charge in [-0.3, -0.25) is 0 Å². The smallest absolute Gasteiger partial charge is 0.223 e. The van der Waals surface area contributed by atoms with Crippen LogP contribution in [0.3, 0.4) is 0 Å². The third-order valence-corrected chi connectivity index (χ3v) is 4.19. The van der Waals surface area contributed by atoms with Crippen molar-refractivity contribution in [3.05, 3.63) is 47.4 Å². The Balaban J connectivity index is 1.65. The highest BCUT2D eigenvalue weighted by Crippen LogP contribution is 2.48. The number of halogens is 1. The number of aromatic nitrogens is 2. The van der Waals surface area contributed by atoms with E-state index >= 15 is 0 Å². The molecule has 0 unspecified atom stereocenters. The van der Waals surface area contributed by atoms with Crippen LogP contribution < -0.4 is 10.6 Å².